The lowest BCUT2D eigenvalue weighted by Gasteiger charge is -2.40. The summed E-state index contributed by atoms with van der Waals surface area (Å²) < 4.78 is 11.2. The summed E-state index contributed by atoms with van der Waals surface area (Å²) in [6.45, 7) is 4.98. The molecule has 19 heavy (non-hydrogen) atoms. The predicted octanol–water partition coefficient (Wildman–Crippen LogP) is 0.537. The molecule has 0 amide bonds. The van der Waals surface area contributed by atoms with E-state index in [2.05, 4.69) is 29.0 Å². The summed E-state index contributed by atoms with van der Waals surface area (Å²) in [6, 6.07) is 6.60. The van der Waals surface area contributed by atoms with E-state index in [-0.39, 0.29) is 0 Å². The first-order chi connectivity index (χ1) is 9.28. The lowest BCUT2D eigenvalue weighted by molar-refractivity contribution is 0.171. The van der Waals surface area contributed by atoms with Gasteiger partial charge in [0.1, 0.15) is 13.2 Å². The highest BCUT2D eigenvalue weighted by Gasteiger charge is 2.24. The summed E-state index contributed by atoms with van der Waals surface area (Å²) in [5, 5.41) is 0. The number of ether oxygens (including phenoxy) is 2. The third kappa shape index (κ3) is 2.48. The van der Waals surface area contributed by atoms with Gasteiger partial charge in [0.2, 0.25) is 0 Å². The van der Waals surface area contributed by atoms with Crippen molar-refractivity contribution in [2.75, 3.05) is 51.3 Å². The molecule has 2 heterocycles. The molecule has 104 valence electrons. The van der Waals surface area contributed by atoms with Crippen molar-refractivity contribution < 1.29 is 9.47 Å². The highest BCUT2D eigenvalue weighted by molar-refractivity contribution is 5.57. The molecule has 2 aliphatic rings. The second-order valence-corrected chi connectivity index (χ2v) is 5.14. The van der Waals surface area contributed by atoms with Crippen molar-refractivity contribution >= 4 is 5.69 Å². The summed E-state index contributed by atoms with van der Waals surface area (Å²) >= 11 is 0. The number of nitrogens with zero attached hydrogens (tertiary/aromatic N) is 2. The lowest BCUT2D eigenvalue weighted by atomic mass is 10.1. The zero-order valence-corrected chi connectivity index (χ0v) is 11.3. The average Bonchev–Trinajstić information content (AvgIpc) is 2.47. The van der Waals surface area contributed by atoms with Gasteiger partial charge in [0.25, 0.3) is 0 Å². The average molecular weight is 263 g/mol. The first-order valence-electron chi connectivity index (χ1n) is 6.83. The van der Waals surface area contributed by atoms with Crippen LogP contribution in [0.25, 0.3) is 0 Å². The van der Waals surface area contributed by atoms with Gasteiger partial charge in [-0.05, 0) is 19.2 Å². The second kappa shape index (κ2) is 5.27. The van der Waals surface area contributed by atoms with Crippen LogP contribution in [0.4, 0.5) is 5.69 Å². The molecule has 0 spiro atoms. The molecule has 1 saturated heterocycles. The van der Waals surface area contributed by atoms with Crippen LogP contribution in [0.5, 0.6) is 11.5 Å². The number of hydrogen-bond acceptors (Lipinski definition) is 5. The van der Waals surface area contributed by atoms with Crippen molar-refractivity contribution in [3.63, 3.8) is 0 Å². The molecular weight excluding hydrogens is 242 g/mol. The Kier molecular flexibility index (Phi) is 3.48. The largest absolute Gasteiger partial charge is 0.486 e. The van der Waals surface area contributed by atoms with Gasteiger partial charge in [-0.2, -0.15) is 0 Å². The van der Waals surface area contributed by atoms with Crippen LogP contribution in [0.15, 0.2) is 18.2 Å². The van der Waals surface area contributed by atoms with E-state index in [0.717, 1.165) is 31.1 Å². The van der Waals surface area contributed by atoms with Gasteiger partial charge in [0.15, 0.2) is 11.5 Å². The molecule has 1 unspecified atom stereocenters. The lowest BCUT2D eigenvalue weighted by Crippen LogP contribution is -2.54. The molecule has 2 N–H and O–H groups in total. The van der Waals surface area contributed by atoms with E-state index >= 15 is 0 Å². The summed E-state index contributed by atoms with van der Waals surface area (Å²) in [5.41, 5.74) is 7.02. The highest BCUT2D eigenvalue weighted by Crippen LogP contribution is 2.34. The zero-order valence-electron chi connectivity index (χ0n) is 11.3. The minimum Gasteiger partial charge on any atom is -0.486 e. The summed E-state index contributed by atoms with van der Waals surface area (Å²) in [4.78, 5) is 4.70. The molecule has 3 rings (SSSR count). The maximum atomic E-state index is 5.83. The van der Waals surface area contributed by atoms with Crippen molar-refractivity contribution in [2.24, 2.45) is 5.73 Å². The van der Waals surface area contributed by atoms with Crippen molar-refractivity contribution in [2.45, 2.75) is 6.04 Å². The van der Waals surface area contributed by atoms with Gasteiger partial charge in [-0.25, -0.2) is 0 Å². The number of nitrogens with two attached hydrogens (primary N) is 1. The molecule has 5 nitrogen and oxygen atoms in total. The van der Waals surface area contributed by atoms with Crippen molar-refractivity contribution in [3.05, 3.63) is 18.2 Å². The fourth-order valence-electron chi connectivity index (χ4n) is 2.66. The fraction of sp³-hybridized carbons (Fsp3) is 0.571. The molecule has 1 atom stereocenters. The monoisotopic (exact) mass is 263 g/mol. The summed E-state index contributed by atoms with van der Waals surface area (Å²) in [5.74, 6) is 1.70. The number of piperazine rings is 1. The van der Waals surface area contributed by atoms with Gasteiger partial charge in [0, 0.05) is 44.0 Å². The Morgan fingerprint density at radius 2 is 2.00 bits per heavy atom. The number of anilines is 1. The van der Waals surface area contributed by atoms with Gasteiger partial charge in [-0.15, -0.1) is 0 Å². The molecule has 0 aromatic heterocycles. The van der Waals surface area contributed by atoms with Crippen molar-refractivity contribution in [1.82, 2.24) is 4.90 Å². The molecule has 2 aliphatic heterocycles. The second-order valence-electron chi connectivity index (χ2n) is 5.14. The molecule has 0 aliphatic carbocycles. The minimum atomic E-state index is 0.418. The van der Waals surface area contributed by atoms with E-state index in [1.165, 1.54) is 5.69 Å². The minimum absolute atomic E-state index is 0.418. The predicted molar refractivity (Wildman–Crippen MR) is 75.1 cm³/mol. The Labute approximate surface area is 113 Å². The molecular formula is C14H21N3O2. The molecule has 0 radical (unpaired) electrons. The Morgan fingerprint density at radius 1 is 1.21 bits per heavy atom. The maximum absolute atomic E-state index is 5.83. The van der Waals surface area contributed by atoms with Gasteiger partial charge in [-0.3, -0.25) is 4.90 Å². The van der Waals surface area contributed by atoms with Crippen LogP contribution in [-0.4, -0.2) is 57.4 Å². The van der Waals surface area contributed by atoms with Crippen LogP contribution in [-0.2, 0) is 0 Å². The Balaban J connectivity index is 1.78. The van der Waals surface area contributed by atoms with E-state index in [1.807, 2.05) is 6.07 Å². The molecule has 5 heteroatoms. The number of likely N-dealkylation sites (N-methyl/N-ethyl adjacent to an activating group) is 1. The molecule has 1 aromatic rings. The maximum Gasteiger partial charge on any atom is 0.163 e. The van der Waals surface area contributed by atoms with Crippen molar-refractivity contribution in [1.29, 1.82) is 0 Å². The smallest absolute Gasteiger partial charge is 0.163 e. The summed E-state index contributed by atoms with van der Waals surface area (Å²) in [7, 11) is 2.14. The summed E-state index contributed by atoms with van der Waals surface area (Å²) in [6.07, 6.45) is 0. The molecule has 1 fully saturated rings. The first kappa shape index (κ1) is 12.6. The standard InChI is InChI=1S/C14H21N3O2/c1-16-4-5-17(10-12(16)9-15)11-2-3-13-14(8-11)19-7-6-18-13/h2-3,8,12H,4-7,9-10,15H2,1H3. The van der Waals surface area contributed by atoms with E-state index < -0.39 is 0 Å². The zero-order chi connectivity index (χ0) is 13.2. The van der Waals surface area contributed by atoms with Crippen LogP contribution in [0.2, 0.25) is 0 Å². The number of rotatable bonds is 2. The topological polar surface area (TPSA) is 51.0 Å². The van der Waals surface area contributed by atoms with Gasteiger partial charge < -0.3 is 20.1 Å². The molecule has 0 saturated carbocycles. The van der Waals surface area contributed by atoms with Crippen LogP contribution >= 0.6 is 0 Å². The molecule has 0 bridgehead atoms. The third-order valence-corrected chi connectivity index (χ3v) is 3.94. The van der Waals surface area contributed by atoms with E-state index in [1.54, 1.807) is 0 Å². The highest BCUT2D eigenvalue weighted by atomic mass is 16.6. The van der Waals surface area contributed by atoms with Gasteiger partial charge in [-0.1, -0.05) is 0 Å². The molecule has 1 aromatic carbocycles. The Hall–Kier alpha value is -1.46. The fourth-order valence-corrected chi connectivity index (χ4v) is 2.66. The van der Waals surface area contributed by atoms with Crippen LogP contribution in [0.3, 0.4) is 0 Å². The SMILES string of the molecule is CN1CCN(c2ccc3c(c2)OCCO3)CC1CN. The van der Waals surface area contributed by atoms with E-state index in [4.69, 9.17) is 15.2 Å². The van der Waals surface area contributed by atoms with Crippen LogP contribution in [0, 0.1) is 0 Å². The number of hydrogen-bond donors (Lipinski definition) is 1. The van der Waals surface area contributed by atoms with Gasteiger partial charge >= 0.3 is 0 Å². The quantitative estimate of drug-likeness (QED) is 0.844. The van der Waals surface area contributed by atoms with Crippen molar-refractivity contribution in [3.8, 4) is 11.5 Å². The normalized spacial score (nSPS) is 23.5. The van der Waals surface area contributed by atoms with Gasteiger partial charge in [0.05, 0.1) is 0 Å². The first-order valence-corrected chi connectivity index (χ1v) is 6.83. The van der Waals surface area contributed by atoms with Crippen LogP contribution in [0.1, 0.15) is 0 Å². The number of benzene rings is 1. The Morgan fingerprint density at radius 3 is 2.79 bits per heavy atom. The van der Waals surface area contributed by atoms with E-state index in [9.17, 15) is 0 Å². The Bertz CT molecular complexity index is 452. The number of fused-ring (bicyclic) bond motifs is 1. The van der Waals surface area contributed by atoms with E-state index in [0.29, 0.717) is 25.8 Å². The third-order valence-electron chi connectivity index (χ3n) is 3.94. The van der Waals surface area contributed by atoms with Crippen LogP contribution < -0.4 is 20.1 Å².